The highest BCUT2D eigenvalue weighted by atomic mass is 16.6. The number of nitrogens with one attached hydrogen (secondary N) is 1. The van der Waals surface area contributed by atoms with Gasteiger partial charge < -0.3 is 15.0 Å². The van der Waals surface area contributed by atoms with Crippen molar-refractivity contribution >= 4 is 12.0 Å². The molecule has 0 spiro atoms. The average molecular weight is 280 g/mol. The van der Waals surface area contributed by atoms with E-state index < -0.39 is 0 Å². The van der Waals surface area contributed by atoms with Crippen LogP contribution in [0.25, 0.3) is 0 Å². The number of hydrogen-bond donors (Lipinski definition) is 1. The lowest BCUT2D eigenvalue weighted by molar-refractivity contribution is -0.143. The van der Waals surface area contributed by atoms with Crippen molar-refractivity contribution in [2.45, 2.75) is 57.6 Å². The number of nitrogens with zero attached hydrogens (tertiary/aromatic N) is 1. The Balaban J connectivity index is 1.66. The second-order valence-electron chi connectivity index (χ2n) is 6.30. The zero-order chi connectivity index (χ0) is 14.1. The predicted octanol–water partition coefficient (Wildman–Crippen LogP) is 1.91. The van der Waals surface area contributed by atoms with Gasteiger partial charge in [-0.1, -0.05) is 6.92 Å². The summed E-state index contributed by atoms with van der Waals surface area (Å²) in [7, 11) is 0. The van der Waals surface area contributed by atoms with E-state index in [1.807, 2.05) is 6.92 Å². The minimum absolute atomic E-state index is 0.0751. The van der Waals surface area contributed by atoms with E-state index in [1.54, 1.807) is 0 Å². The summed E-state index contributed by atoms with van der Waals surface area (Å²) in [6, 6.07) is 0.305. The van der Waals surface area contributed by atoms with Crippen LogP contribution in [-0.2, 0) is 9.53 Å². The molecule has 4 atom stereocenters. The largest absolute Gasteiger partial charge is 0.446 e. The Labute approximate surface area is 120 Å². The molecule has 2 bridgehead atoms. The first-order chi connectivity index (χ1) is 9.70. The fourth-order valence-corrected chi connectivity index (χ4v) is 4.09. The number of rotatable bonds is 3. The lowest BCUT2D eigenvalue weighted by Crippen LogP contribution is -2.53. The van der Waals surface area contributed by atoms with Crippen LogP contribution in [-0.4, -0.2) is 42.1 Å². The summed E-state index contributed by atoms with van der Waals surface area (Å²) in [4.78, 5) is 26.2. The second-order valence-corrected chi connectivity index (χ2v) is 6.30. The molecule has 0 aromatic rings. The minimum atomic E-state index is -0.320. The van der Waals surface area contributed by atoms with Gasteiger partial charge in [0.2, 0.25) is 5.91 Å². The lowest BCUT2D eigenvalue weighted by atomic mass is 9.84. The van der Waals surface area contributed by atoms with Gasteiger partial charge in [0.25, 0.3) is 0 Å². The van der Waals surface area contributed by atoms with Crippen molar-refractivity contribution in [1.29, 1.82) is 0 Å². The van der Waals surface area contributed by atoms with Gasteiger partial charge in [0.15, 0.2) is 0 Å². The van der Waals surface area contributed by atoms with Gasteiger partial charge in [-0.25, -0.2) is 4.79 Å². The van der Waals surface area contributed by atoms with E-state index >= 15 is 0 Å². The first-order valence-electron chi connectivity index (χ1n) is 7.95. The van der Waals surface area contributed by atoms with Crippen LogP contribution in [0.5, 0.6) is 0 Å². The van der Waals surface area contributed by atoms with Gasteiger partial charge in [-0.3, -0.25) is 4.79 Å². The maximum Gasteiger partial charge on any atom is 0.407 e. The third-order valence-electron chi connectivity index (χ3n) is 5.00. The first kappa shape index (κ1) is 13.7. The number of amides is 2. The molecule has 3 aliphatic rings. The molecule has 2 amide bonds. The summed E-state index contributed by atoms with van der Waals surface area (Å²) < 4.78 is 5.60. The molecule has 1 saturated carbocycles. The Morgan fingerprint density at radius 1 is 1.40 bits per heavy atom. The molecule has 1 N–H and O–H groups in total. The zero-order valence-electron chi connectivity index (χ0n) is 12.1. The summed E-state index contributed by atoms with van der Waals surface area (Å²) in [6.07, 6.45) is 5.50. The SMILES string of the molecule is CCCNC(=O)O[C@@H]1C[C@H]2C[C@@H]1[C@H]1CCCCN1C2=O. The normalized spacial score (nSPS) is 35.6. The van der Waals surface area contributed by atoms with Crippen LogP contribution in [0.1, 0.15) is 45.4 Å². The van der Waals surface area contributed by atoms with E-state index in [0.717, 1.165) is 38.6 Å². The number of fused-ring (bicyclic) bond motifs is 4. The molecule has 2 heterocycles. The van der Waals surface area contributed by atoms with Gasteiger partial charge in [-0.2, -0.15) is 0 Å². The highest BCUT2D eigenvalue weighted by Crippen LogP contribution is 2.45. The van der Waals surface area contributed by atoms with E-state index in [4.69, 9.17) is 4.74 Å². The van der Waals surface area contributed by atoms with E-state index in [0.29, 0.717) is 24.4 Å². The standard InChI is InChI=1S/C15H24N2O3/c1-2-6-16-15(19)20-13-9-10-8-11(13)12-5-3-4-7-17(12)14(10)18/h10-13H,2-9H2,1H3,(H,16,19)/t10-,11-,12-,13-/m1/s1. The van der Waals surface area contributed by atoms with Crippen molar-refractivity contribution in [2.24, 2.45) is 11.8 Å². The van der Waals surface area contributed by atoms with Crippen molar-refractivity contribution in [3.8, 4) is 0 Å². The molecular formula is C15H24N2O3. The average Bonchev–Trinajstić information content (AvgIpc) is 2.83. The lowest BCUT2D eigenvalue weighted by Gasteiger charge is -2.43. The maximum absolute atomic E-state index is 12.4. The second kappa shape index (κ2) is 5.62. The molecule has 0 aromatic heterocycles. The van der Waals surface area contributed by atoms with Crippen molar-refractivity contribution < 1.29 is 14.3 Å². The molecule has 0 aromatic carbocycles. The van der Waals surface area contributed by atoms with E-state index in [-0.39, 0.29) is 18.1 Å². The van der Waals surface area contributed by atoms with Crippen molar-refractivity contribution in [2.75, 3.05) is 13.1 Å². The molecule has 0 unspecified atom stereocenters. The predicted molar refractivity (Wildman–Crippen MR) is 74.1 cm³/mol. The van der Waals surface area contributed by atoms with Gasteiger partial charge in [-0.15, -0.1) is 0 Å². The molecule has 1 aliphatic carbocycles. The van der Waals surface area contributed by atoms with Gasteiger partial charge >= 0.3 is 6.09 Å². The summed E-state index contributed by atoms with van der Waals surface area (Å²) >= 11 is 0. The van der Waals surface area contributed by atoms with Crippen LogP contribution in [0.2, 0.25) is 0 Å². The summed E-state index contributed by atoms with van der Waals surface area (Å²) in [6.45, 7) is 3.56. The fraction of sp³-hybridized carbons (Fsp3) is 0.867. The molecule has 5 heteroatoms. The number of ether oxygens (including phenoxy) is 1. The van der Waals surface area contributed by atoms with E-state index in [1.165, 1.54) is 6.42 Å². The molecule has 3 rings (SSSR count). The number of carbonyl (C=O) groups is 2. The topological polar surface area (TPSA) is 58.6 Å². The molecule has 2 aliphatic heterocycles. The Morgan fingerprint density at radius 2 is 2.25 bits per heavy atom. The smallest absolute Gasteiger partial charge is 0.407 e. The first-order valence-corrected chi connectivity index (χ1v) is 7.95. The van der Waals surface area contributed by atoms with E-state index in [9.17, 15) is 9.59 Å². The van der Waals surface area contributed by atoms with Crippen LogP contribution in [0, 0.1) is 11.8 Å². The Hall–Kier alpha value is -1.26. The molecule has 0 radical (unpaired) electrons. The summed E-state index contributed by atoms with van der Waals surface area (Å²) in [5, 5.41) is 2.76. The van der Waals surface area contributed by atoms with E-state index in [2.05, 4.69) is 10.2 Å². The molecule has 2 saturated heterocycles. The third kappa shape index (κ3) is 2.38. The number of hydrogen-bond acceptors (Lipinski definition) is 3. The minimum Gasteiger partial charge on any atom is -0.446 e. The zero-order valence-corrected chi connectivity index (χ0v) is 12.1. The van der Waals surface area contributed by atoms with Crippen molar-refractivity contribution in [1.82, 2.24) is 10.2 Å². The quantitative estimate of drug-likeness (QED) is 0.859. The maximum atomic E-state index is 12.4. The van der Waals surface area contributed by atoms with Gasteiger partial charge in [0.1, 0.15) is 6.10 Å². The fourth-order valence-electron chi connectivity index (χ4n) is 4.09. The van der Waals surface area contributed by atoms with Crippen LogP contribution in [0.15, 0.2) is 0 Å². The number of piperidine rings is 2. The van der Waals surface area contributed by atoms with Gasteiger partial charge in [0.05, 0.1) is 0 Å². The molecular weight excluding hydrogens is 256 g/mol. The molecule has 5 nitrogen and oxygen atoms in total. The number of alkyl carbamates (subject to hydrolysis) is 1. The molecule has 3 fully saturated rings. The summed E-state index contributed by atoms with van der Waals surface area (Å²) in [5.41, 5.74) is 0. The van der Waals surface area contributed by atoms with Gasteiger partial charge in [0, 0.05) is 31.0 Å². The molecule has 112 valence electrons. The monoisotopic (exact) mass is 280 g/mol. The highest BCUT2D eigenvalue weighted by Gasteiger charge is 2.52. The van der Waals surface area contributed by atoms with Crippen LogP contribution in [0.4, 0.5) is 4.79 Å². The Bertz CT molecular complexity index is 399. The summed E-state index contributed by atoms with van der Waals surface area (Å²) in [5.74, 6) is 0.731. The highest BCUT2D eigenvalue weighted by molar-refractivity contribution is 5.81. The van der Waals surface area contributed by atoms with Crippen molar-refractivity contribution in [3.05, 3.63) is 0 Å². The van der Waals surface area contributed by atoms with Gasteiger partial charge in [-0.05, 0) is 38.5 Å². The Morgan fingerprint density at radius 3 is 3.05 bits per heavy atom. The van der Waals surface area contributed by atoms with Crippen LogP contribution >= 0.6 is 0 Å². The van der Waals surface area contributed by atoms with Crippen LogP contribution in [0.3, 0.4) is 0 Å². The Kier molecular flexibility index (Phi) is 3.85. The van der Waals surface area contributed by atoms with Crippen LogP contribution < -0.4 is 5.32 Å². The third-order valence-corrected chi connectivity index (χ3v) is 5.00. The number of carbonyl (C=O) groups excluding carboxylic acids is 2. The van der Waals surface area contributed by atoms with Crippen molar-refractivity contribution in [3.63, 3.8) is 0 Å². The molecule has 20 heavy (non-hydrogen) atoms.